The molecule has 0 aromatic heterocycles. The minimum atomic E-state index is -0.490. The minimum Gasteiger partial charge on any atom is -0.457 e. The fourth-order valence-corrected chi connectivity index (χ4v) is 4.65. The van der Waals surface area contributed by atoms with Gasteiger partial charge in [0.2, 0.25) is 5.91 Å². The number of primary amides is 1. The molecule has 0 radical (unpaired) electrons. The molecule has 1 aromatic rings. The van der Waals surface area contributed by atoms with Crippen LogP contribution in [0, 0.1) is 11.3 Å². The Morgan fingerprint density at radius 1 is 1.10 bits per heavy atom. The average molecular weight is 399 g/mol. The highest BCUT2D eigenvalue weighted by atomic mass is 16.6. The van der Waals surface area contributed by atoms with Crippen LogP contribution in [0.4, 0.5) is 5.69 Å². The second-order valence-electron chi connectivity index (χ2n) is 9.59. The molecule has 2 fully saturated rings. The number of benzene rings is 1. The molecule has 158 valence electrons. The first-order valence-corrected chi connectivity index (χ1v) is 10.7. The molecule has 0 unspecified atom stereocenters. The highest BCUT2D eigenvalue weighted by Gasteiger charge is 2.39. The molecule has 5 heteroatoms. The van der Waals surface area contributed by atoms with E-state index in [-0.39, 0.29) is 17.8 Å². The lowest BCUT2D eigenvalue weighted by Crippen LogP contribution is -2.43. The number of nitrogens with two attached hydrogens (primary N) is 1. The van der Waals surface area contributed by atoms with E-state index in [2.05, 4.69) is 11.0 Å². The number of rotatable bonds is 4. The van der Waals surface area contributed by atoms with Crippen molar-refractivity contribution in [2.45, 2.75) is 64.9 Å². The van der Waals surface area contributed by atoms with Crippen molar-refractivity contribution in [3.8, 4) is 0 Å². The smallest absolute Gasteiger partial charge is 0.331 e. The molecule has 1 aliphatic carbocycles. The lowest BCUT2D eigenvalue weighted by molar-refractivity contribution is -0.148. The molecule has 29 heavy (non-hydrogen) atoms. The van der Waals surface area contributed by atoms with Crippen LogP contribution in [-0.4, -0.2) is 30.6 Å². The molecule has 3 rings (SSSR count). The molecule has 1 spiro atoms. The zero-order valence-corrected chi connectivity index (χ0v) is 17.9. The molecule has 1 aliphatic heterocycles. The van der Waals surface area contributed by atoms with Crippen molar-refractivity contribution in [3.05, 3.63) is 35.9 Å². The monoisotopic (exact) mass is 398 g/mol. The third-order valence-corrected chi connectivity index (χ3v) is 6.36. The van der Waals surface area contributed by atoms with Crippen molar-refractivity contribution in [2.24, 2.45) is 17.1 Å². The van der Waals surface area contributed by atoms with Crippen molar-refractivity contribution in [1.82, 2.24) is 0 Å². The van der Waals surface area contributed by atoms with E-state index in [0.717, 1.165) is 62.9 Å². The molecule has 2 N–H and O–H groups in total. The Kier molecular flexibility index (Phi) is 6.35. The quantitative estimate of drug-likeness (QED) is 0.606. The lowest BCUT2D eigenvalue weighted by atomic mass is 9.65. The van der Waals surface area contributed by atoms with Gasteiger partial charge in [0.15, 0.2) is 0 Å². The van der Waals surface area contributed by atoms with E-state index < -0.39 is 5.60 Å². The van der Waals surface area contributed by atoms with Gasteiger partial charge in [-0.1, -0.05) is 18.2 Å². The number of hydrogen-bond acceptors (Lipinski definition) is 4. The molecular formula is C24H34N2O3. The first-order chi connectivity index (χ1) is 13.7. The number of piperidine rings is 1. The predicted molar refractivity (Wildman–Crippen MR) is 116 cm³/mol. The van der Waals surface area contributed by atoms with Gasteiger partial charge >= 0.3 is 5.97 Å². The second-order valence-corrected chi connectivity index (χ2v) is 9.59. The van der Waals surface area contributed by atoms with Gasteiger partial charge in [0, 0.05) is 30.8 Å². The van der Waals surface area contributed by atoms with E-state index in [9.17, 15) is 9.59 Å². The predicted octanol–water partition coefficient (Wildman–Crippen LogP) is 4.30. The summed E-state index contributed by atoms with van der Waals surface area (Å²) in [7, 11) is 0. The van der Waals surface area contributed by atoms with Crippen LogP contribution in [0.15, 0.2) is 30.3 Å². The summed E-state index contributed by atoms with van der Waals surface area (Å²) in [6.07, 6.45) is 9.73. The second kappa shape index (κ2) is 8.60. The maximum atomic E-state index is 12.0. The van der Waals surface area contributed by atoms with Gasteiger partial charge in [0.05, 0.1) is 0 Å². The largest absolute Gasteiger partial charge is 0.457 e. The van der Waals surface area contributed by atoms with Crippen molar-refractivity contribution in [3.63, 3.8) is 0 Å². The third-order valence-electron chi connectivity index (χ3n) is 6.36. The van der Waals surface area contributed by atoms with E-state index >= 15 is 0 Å². The number of carbonyl (C=O) groups is 2. The van der Waals surface area contributed by atoms with Crippen LogP contribution in [0.3, 0.4) is 0 Å². The number of nitrogens with zero attached hydrogens (tertiary/aromatic N) is 1. The molecular weight excluding hydrogens is 364 g/mol. The number of para-hydroxylation sites is 1. The summed E-state index contributed by atoms with van der Waals surface area (Å²) in [5, 5.41) is 0. The first kappa shape index (κ1) is 21.4. The van der Waals surface area contributed by atoms with E-state index in [1.807, 2.05) is 45.0 Å². The molecule has 2 aliphatic rings. The molecule has 0 atom stereocenters. The van der Waals surface area contributed by atoms with E-state index in [1.54, 1.807) is 0 Å². The van der Waals surface area contributed by atoms with Crippen LogP contribution in [0.2, 0.25) is 0 Å². The molecule has 5 nitrogen and oxygen atoms in total. The van der Waals surface area contributed by atoms with Crippen molar-refractivity contribution < 1.29 is 14.3 Å². The Balaban J connectivity index is 1.63. The summed E-state index contributed by atoms with van der Waals surface area (Å²) in [6, 6.07) is 8.20. The number of ether oxygens (including phenoxy) is 1. The summed E-state index contributed by atoms with van der Waals surface area (Å²) < 4.78 is 5.37. The zero-order valence-electron chi connectivity index (χ0n) is 17.9. The Bertz CT molecular complexity index is 761. The van der Waals surface area contributed by atoms with Gasteiger partial charge in [-0.05, 0) is 82.4 Å². The van der Waals surface area contributed by atoms with Gasteiger partial charge in [-0.15, -0.1) is 0 Å². The maximum absolute atomic E-state index is 12.0. The van der Waals surface area contributed by atoms with Crippen molar-refractivity contribution in [1.29, 1.82) is 0 Å². The lowest BCUT2D eigenvalue weighted by Gasteiger charge is -2.46. The summed E-state index contributed by atoms with van der Waals surface area (Å²) in [6.45, 7) is 7.60. The average Bonchev–Trinajstić information content (AvgIpc) is 2.66. The van der Waals surface area contributed by atoms with Crippen LogP contribution < -0.4 is 10.6 Å². The van der Waals surface area contributed by atoms with Gasteiger partial charge in [0.1, 0.15) is 5.60 Å². The molecule has 1 heterocycles. The van der Waals surface area contributed by atoms with Crippen LogP contribution >= 0.6 is 0 Å². The number of carbonyl (C=O) groups excluding carboxylic acids is 2. The van der Waals surface area contributed by atoms with Crippen LogP contribution in [0.1, 0.15) is 64.9 Å². The molecule has 1 aromatic carbocycles. The fourth-order valence-electron chi connectivity index (χ4n) is 4.65. The summed E-state index contributed by atoms with van der Waals surface area (Å²) in [4.78, 5) is 25.9. The Morgan fingerprint density at radius 3 is 2.31 bits per heavy atom. The number of esters is 1. The van der Waals surface area contributed by atoms with E-state index in [1.165, 1.54) is 6.08 Å². The standard InChI is InChI=1S/C24H34N2O3/c1-23(2,3)29-21(27)9-8-18-6-4-5-7-20(18)26-16-14-24(15-17-26)12-10-19(11-13-24)22(25)28/h4-9,19H,10-17H2,1-3H3,(H2,25,28). The minimum absolute atomic E-state index is 0.0670. The SMILES string of the molecule is CC(C)(C)OC(=O)C=Cc1ccccc1N1CCC2(CCC(C(N)=O)CC2)CC1. The number of amides is 1. The molecule has 1 saturated carbocycles. The van der Waals surface area contributed by atoms with Crippen LogP contribution in [0.5, 0.6) is 0 Å². The van der Waals surface area contributed by atoms with E-state index in [4.69, 9.17) is 10.5 Å². The zero-order chi connectivity index (χ0) is 21.1. The van der Waals surface area contributed by atoms with Crippen LogP contribution in [0.25, 0.3) is 6.08 Å². The Labute approximate surface area is 174 Å². The number of anilines is 1. The molecule has 0 bridgehead atoms. The summed E-state index contributed by atoms with van der Waals surface area (Å²) in [5.41, 5.74) is 7.57. The maximum Gasteiger partial charge on any atom is 0.331 e. The number of hydrogen-bond donors (Lipinski definition) is 1. The van der Waals surface area contributed by atoms with Crippen molar-refractivity contribution in [2.75, 3.05) is 18.0 Å². The van der Waals surface area contributed by atoms with Gasteiger partial charge in [0.25, 0.3) is 0 Å². The molecule has 1 amide bonds. The summed E-state index contributed by atoms with van der Waals surface area (Å²) in [5.74, 6) is -0.392. The topological polar surface area (TPSA) is 72.6 Å². The fraction of sp³-hybridized carbons (Fsp3) is 0.583. The summed E-state index contributed by atoms with van der Waals surface area (Å²) >= 11 is 0. The van der Waals surface area contributed by atoms with E-state index in [0.29, 0.717) is 5.41 Å². The van der Waals surface area contributed by atoms with Crippen LogP contribution in [-0.2, 0) is 14.3 Å². The van der Waals surface area contributed by atoms with Gasteiger partial charge < -0.3 is 15.4 Å². The van der Waals surface area contributed by atoms with Crippen molar-refractivity contribution >= 4 is 23.6 Å². The Morgan fingerprint density at radius 2 is 1.72 bits per heavy atom. The van der Waals surface area contributed by atoms with Gasteiger partial charge in [-0.3, -0.25) is 4.79 Å². The normalized spacial score (nSPS) is 20.2. The van der Waals surface area contributed by atoms with Gasteiger partial charge in [-0.25, -0.2) is 4.79 Å². The highest BCUT2D eigenvalue weighted by Crippen LogP contribution is 2.47. The highest BCUT2D eigenvalue weighted by molar-refractivity contribution is 5.88. The Hall–Kier alpha value is -2.30. The third kappa shape index (κ3) is 5.62. The first-order valence-electron chi connectivity index (χ1n) is 10.7. The molecule has 1 saturated heterocycles. The van der Waals surface area contributed by atoms with Gasteiger partial charge in [-0.2, -0.15) is 0 Å².